The lowest BCUT2D eigenvalue weighted by molar-refractivity contribution is -0.199. The lowest BCUT2D eigenvalue weighted by atomic mass is 9.82. The van der Waals surface area contributed by atoms with E-state index in [1.54, 1.807) is 4.90 Å². The van der Waals surface area contributed by atoms with Gasteiger partial charge in [0.05, 0.1) is 24.8 Å². The fourth-order valence-electron chi connectivity index (χ4n) is 2.88. The number of hydrogen-bond donors (Lipinski definition) is 5. The molecule has 2 aliphatic rings. The van der Waals surface area contributed by atoms with Crippen molar-refractivity contribution in [3.8, 4) is 0 Å². The summed E-state index contributed by atoms with van der Waals surface area (Å²) in [4.78, 5) is 1.70. The Balaban J connectivity index is 0.00000144. The molecular formula is C10H20ClNO5. The fraction of sp³-hybridized carbons (Fsp3) is 1.00. The lowest BCUT2D eigenvalue weighted by Gasteiger charge is -2.52. The molecule has 0 aromatic rings. The minimum absolute atomic E-state index is 0. The molecule has 0 radical (unpaired) electrons. The van der Waals surface area contributed by atoms with Crippen molar-refractivity contribution in [1.29, 1.82) is 0 Å². The van der Waals surface area contributed by atoms with Crippen LogP contribution >= 0.6 is 12.4 Å². The van der Waals surface area contributed by atoms with Crippen LogP contribution in [-0.4, -0.2) is 80.1 Å². The Morgan fingerprint density at radius 3 is 2.24 bits per heavy atom. The van der Waals surface area contributed by atoms with Gasteiger partial charge in [0.2, 0.25) is 0 Å². The largest absolute Gasteiger partial charge is 0.395 e. The van der Waals surface area contributed by atoms with Crippen molar-refractivity contribution in [3.63, 3.8) is 0 Å². The van der Waals surface area contributed by atoms with Crippen LogP contribution in [0.4, 0.5) is 0 Å². The molecule has 0 bridgehead atoms. The van der Waals surface area contributed by atoms with Crippen LogP contribution < -0.4 is 0 Å². The van der Waals surface area contributed by atoms with Crippen molar-refractivity contribution in [3.05, 3.63) is 0 Å². The Labute approximate surface area is 106 Å². The van der Waals surface area contributed by atoms with E-state index in [1.165, 1.54) is 0 Å². The molecule has 2 heterocycles. The molecule has 2 aliphatic heterocycles. The van der Waals surface area contributed by atoms with E-state index in [4.69, 9.17) is 0 Å². The molecule has 2 rings (SSSR count). The van der Waals surface area contributed by atoms with Gasteiger partial charge in [0.25, 0.3) is 0 Å². The standard InChI is InChI=1S/C10H19NO5.ClH/c12-4-5-8(14)10(16)9(15)7-6(13)2-1-3-11(5)7;/h5-10,12-16H,1-4H2;1H/t5?,6?,7?,8?,9-,10?;/m0./s1. The molecule has 0 aromatic carbocycles. The number of fused-ring (bicyclic) bond motifs is 1. The van der Waals surface area contributed by atoms with Crippen molar-refractivity contribution < 1.29 is 25.5 Å². The van der Waals surface area contributed by atoms with Gasteiger partial charge < -0.3 is 25.5 Å². The molecule has 2 fully saturated rings. The van der Waals surface area contributed by atoms with E-state index in [0.717, 1.165) is 6.42 Å². The molecule has 102 valence electrons. The van der Waals surface area contributed by atoms with Gasteiger partial charge in [-0.15, -0.1) is 12.4 Å². The van der Waals surface area contributed by atoms with Gasteiger partial charge in [0.15, 0.2) is 0 Å². The Bertz CT molecular complexity index is 257. The molecule has 7 heteroatoms. The van der Waals surface area contributed by atoms with E-state index in [2.05, 4.69) is 0 Å². The molecule has 2 saturated heterocycles. The van der Waals surface area contributed by atoms with Crippen LogP contribution in [0.3, 0.4) is 0 Å². The zero-order chi connectivity index (χ0) is 11.9. The summed E-state index contributed by atoms with van der Waals surface area (Å²) >= 11 is 0. The van der Waals surface area contributed by atoms with E-state index < -0.39 is 36.5 Å². The van der Waals surface area contributed by atoms with Crippen LogP contribution in [0.25, 0.3) is 0 Å². The van der Waals surface area contributed by atoms with Crippen molar-refractivity contribution in [1.82, 2.24) is 4.90 Å². The normalized spacial score (nSPS) is 47.1. The highest BCUT2D eigenvalue weighted by Gasteiger charge is 2.50. The summed E-state index contributed by atoms with van der Waals surface area (Å²) in [5.74, 6) is 0. The zero-order valence-corrected chi connectivity index (χ0v) is 10.2. The number of aliphatic hydroxyl groups excluding tert-OH is 5. The van der Waals surface area contributed by atoms with Gasteiger partial charge in [-0.05, 0) is 19.4 Å². The van der Waals surface area contributed by atoms with Crippen LogP contribution in [0.5, 0.6) is 0 Å². The van der Waals surface area contributed by atoms with E-state index in [0.29, 0.717) is 13.0 Å². The first-order chi connectivity index (χ1) is 7.57. The summed E-state index contributed by atoms with van der Waals surface area (Å²) in [5, 5.41) is 48.3. The van der Waals surface area contributed by atoms with Gasteiger partial charge in [-0.25, -0.2) is 0 Å². The first-order valence-corrected chi connectivity index (χ1v) is 5.66. The predicted molar refractivity (Wildman–Crippen MR) is 61.9 cm³/mol. The average molecular weight is 270 g/mol. The second-order valence-electron chi connectivity index (χ2n) is 4.66. The molecular weight excluding hydrogens is 250 g/mol. The maximum Gasteiger partial charge on any atom is 0.109 e. The monoisotopic (exact) mass is 269 g/mol. The third-order valence-corrected chi connectivity index (χ3v) is 3.75. The third kappa shape index (κ3) is 2.44. The van der Waals surface area contributed by atoms with Crippen LogP contribution in [0.1, 0.15) is 12.8 Å². The highest BCUT2D eigenvalue weighted by molar-refractivity contribution is 5.85. The van der Waals surface area contributed by atoms with Crippen molar-refractivity contribution >= 4 is 12.4 Å². The number of aliphatic hydroxyl groups is 5. The quantitative estimate of drug-likeness (QED) is 0.366. The summed E-state index contributed by atoms with van der Waals surface area (Å²) in [7, 11) is 0. The second-order valence-corrected chi connectivity index (χ2v) is 4.66. The predicted octanol–water partition coefficient (Wildman–Crippen LogP) is -2.31. The molecule has 0 saturated carbocycles. The minimum atomic E-state index is -1.31. The highest BCUT2D eigenvalue weighted by Crippen LogP contribution is 2.31. The van der Waals surface area contributed by atoms with E-state index >= 15 is 0 Å². The molecule has 6 nitrogen and oxygen atoms in total. The Morgan fingerprint density at radius 1 is 1.00 bits per heavy atom. The van der Waals surface area contributed by atoms with Gasteiger partial charge in [-0.3, -0.25) is 4.90 Å². The van der Waals surface area contributed by atoms with Crippen LogP contribution in [0.15, 0.2) is 0 Å². The molecule has 0 aliphatic carbocycles. The minimum Gasteiger partial charge on any atom is -0.395 e. The number of piperidine rings is 2. The first-order valence-electron chi connectivity index (χ1n) is 5.66. The molecule has 0 amide bonds. The molecule has 6 atom stereocenters. The lowest BCUT2D eigenvalue weighted by Crippen LogP contribution is -2.71. The Morgan fingerprint density at radius 2 is 1.65 bits per heavy atom. The van der Waals surface area contributed by atoms with E-state index in [9.17, 15) is 25.5 Å². The van der Waals surface area contributed by atoms with Gasteiger partial charge in [-0.1, -0.05) is 0 Å². The van der Waals surface area contributed by atoms with Crippen LogP contribution in [0, 0.1) is 0 Å². The number of rotatable bonds is 1. The summed E-state index contributed by atoms with van der Waals surface area (Å²) in [6.07, 6.45) is -3.07. The smallest absolute Gasteiger partial charge is 0.109 e. The molecule has 5 unspecified atom stereocenters. The highest BCUT2D eigenvalue weighted by atomic mass is 35.5. The maximum atomic E-state index is 9.83. The van der Waals surface area contributed by atoms with Gasteiger partial charge >= 0.3 is 0 Å². The molecule has 5 N–H and O–H groups in total. The van der Waals surface area contributed by atoms with E-state index in [-0.39, 0.29) is 19.0 Å². The Hall–Kier alpha value is 0.0500. The summed E-state index contributed by atoms with van der Waals surface area (Å²) < 4.78 is 0. The van der Waals surface area contributed by atoms with Gasteiger partial charge in [0, 0.05) is 0 Å². The maximum absolute atomic E-state index is 9.83. The van der Waals surface area contributed by atoms with Crippen molar-refractivity contribution in [2.45, 2.75) is 49.3 Å². The zero-order valence-electron chi connectivity index (χ0n) is 9.38. The van der Waals surface area contributed by atoms with Gasteiger partial charge in [-0.2, -0.15) is 0 Å². The van der Waals surface area contributed by atoms with Crippen molar-refractivity contribution in [2.75, 3.05) is 13.2 Å². The first kappa shape index (κ1) is 15.1. The summed E-state index contributed by atoms with van der Waals surface area (Å²) in [5.41, 5.74) is 0. The average Bonchev–Trinajstić information content (AvgIpc) is 2.27. The van der Waals surface area contributed by atoms with Gasteiger partial charge in [0.1, 0.15) is 18.3 Å². The van der Waals surface area contributed by atoms with Crippen LogP contribution in [-0.2, 0) is 0 Å². The third-order valence-electron chi connectivity index (χ3n) is 3.75. The Kier molecular flexibility index (Phi) is 5.15. The van der Waals surface area contributed by atoms with Crippen LogP contribution in [0.2, 0.25) is 0 Å². The molecule has 17 heavy (non-hydrogen) atoms. The van der Waals surface area contributed by atoms with Crippen molar-refractivity contribution in [2.24, 2.45) is 0 Å². The summed E-state index contributed by atoms with van der Waals surface area (Å²) in [6.45, 7) is 0.308. The summed E-state index contributed by atoms with van der Waals surface area (Å²) in [6, 6.07) is -1.21. The van der Waals surface area contributed by atoms with E-state index in [1.807, 2.05) is 0 Å². The topological polar surface area (TPSA) is 104 Å². The second kappa shape index (κ2) is 5.79. The molecule has 0 spiro atoms. The molecule has 0 aromatic heterocycles. The SMILES string of the molecule is Cl.OCC1C(O)C(O)[C@@H](O)C2C(O)CCCN12. The number of halogens is 1. The number of nitrogens with zero attached hydrogens (tertiary/aromatic N) is 1. The fourth-order valence-corrected chi connectivity index (χ4v) is 2.88. The number of hydrogen-bond acceptors (Lipinski definition) is 6.